The Hall–Kier alpha value is -3.55. The van der Waals surface area contributed by atoms with Crippen molar-refractivity contribution in [2.45, 2.75) is 13.5 Å². The van der Waals surface area contributed by atoms with Crippen molar-refractivity contribution in [1.82, 2.24) is 5.43 Å². The molecule has 4 aromatic carbocycles. The van der Waals surface area contributed by atoms with Gasteiger partial charge >= 0.3 is 0 Å². The van der Waals surface area contributed by atoms with Crippen molar-refractivity contribution in [3.05, 3.63) is 99.5 Å². The zero-order chi connectivity index (χ0) is 25.3. The molecule has 4 aromatic rings. The largest absolute Gasteiger partial charge is 0.490 e. The number of fused-ring (bicyclic) bond motifs is 1. The number of rotatable bonds is 10. The molecule has 0 spiro atoms. The maximum absolute atomic E-state index is 12.3. The third-order valence-corrected chi connectivity index (χ3v) is 6.10. The maximum Gasteiger partial charge on any atom is 0.259 e. The summed E-state index contributed by atoms with van der Waals surface area (Å²) in [6, 6.07) is 25.1. The predicted octanol–water partition coefficient (Wildman–Crippen LogP) is 6.80. The van der Waals surface area contributed by atoms with Gasteiger partial charge in [-0.1, -0.05) is 60.1 Å². The Labute approximate surface area is 223 Å². The van der Waals surface area contributed by atoms with Gasteiger partial charge in [0.15, 0.2) is 11.5 Å². The summed E-state index contributed by atoms with van der Waals surface area (Å²) in [4.78, 5) is 12.3. The highest BCUT2D eigenvalue weighted by atomic mass is 79.9. The normalized spacial score (nSPS) is 11.0. The van der Waals surface area contributed by atoms with Crippen LogP contribution in [0.3, 0.4) is 0 Å². The summed E-state index contributed by atoms with van der Waals surface area (Å²) in [6.45, 7) is 2.83. The summed E-state index contributed by atoms with van der Waals surface area (Å²) in [5.74, 6) is 0.907. The first-order valence-corrected chi connectivity index (χ1v) is 12.6. The molecule has 36 heavy (non-hydrogen) atoms. The molecular formula is C28H25BrClN3O3. The van der Waals surface area contributed by atoms with E-state index in [9.17, 15) is 4.79 Å². The Bertz CT molecular complexity index is 1370. The van der Waals surface area contributed by atoms with Crippen LogP contribution in [-0.2, 0) is 11.4 Å². The minimum atomic E-state index is -0.258. The fourth-order valence-electron chi connectivity index (χ4n) is 3.58. The van der Waals surface area contributed by atoms with E-state index in [1.54, 1.807) is 6.21 Å². The summed E-state index contributed by atoms with van der Waals surface area (Å²) in [6.07, 6.45) is 1.56. The first-order valence-electron chi connectivity index (χ1n) is 11.4. The number of anilines is 1. The summed E-state index contributed by atoms with van der Waals surface area (Å²) in [5.41, 5.74) is 5.18. The molecule has 0 heterocycles. The topological polar surface area (TPSA) is 72.0 Å². The number of hydrogen-bond donors (Lipinski definition) is 2. The number of halogens is 2. The minimum Gasteiger partial charge on any atom is -0.490 e. The van der Waals surface area contributed by atoms with E-state index < -0.39 is 0 Å². The van der Waals surface area contributed by atoms with Crippen LogP contribution in [0.15, 0.2) is 88.4 Å². The Morgan fingerprint density at radius 3 is 2.61 bits per heavy atom. The predicted molar refractivity (Wildman–Crippen MR) is 149 cm³/mol. The Kier molecular flexibility index (Phi) is 8.81. The number of ether oxygens (including phenoxy) is 2. The number of nitrogens with one attached hydrogen (secondary N) is 2. The second-order valence-corrected chi connectivity index (χ2v) is 9.14. The molecule has 0 atom stereocenters. The van der Waals surface area contributed by atoms with Crippen molar-refractivity contribution in [3.8, 4) is 11.5 Å². The summed E-state index contributed by atoms with van der Waals surface area (Å²) in [5, 5.41) is 10.1. The molecule has 0 aromatic heterocycles. The first-order chi connectivity index (χ1) is 17.5. The van der Waals surface area contributed by atoms with E-state index in [2.05, 4.69) is 31.8 Å². The zero-order valence-corrected chi connectivity index (χ0v) is 22.0. The van der Waals surface area contributed by atoms with Crippen molar-refractivity contribution >= 4 is 56.1 Å². The maximum atomic E-state index is 12.3. The van der Waals surface area contributed by atoms with Gasteiger partial charge in [0, 0.05) is 16.1 Å². The molecule has 0 saturated heterocycles. The Morgan fingerprint density at radius 2 is 1.81 bits per heavy atom. The van der Waals surface area contributed by atoms with E-state index in [-0.39, 0.29) is 12.5 Å². The molecule has 8 heteroatoms. The SMILES string of the molecule is CCOc1cc(/C=N\NC(=O)CNc2cccc3ccccc23)cc(Br)c1OCc1ccc(Cl)cc1. The molecule has 2 N–H and O–H groups in total. The van der Waals surface area contributed by atoms with Crippen LogP contribution in [0.4, 0.5) is 5.69 Å². The van der Waals surface area contributed by atoms with Crippen LogP contribution in [-0.4, -0.2) is 25.3 Å². The van der Waals surface area contributed by atoms with Crippen LogP contribution >= 0.6 is 27.5 Å². The molecule has 4 rings (SSSR count). The van der Waals surface area contributed by atoms with E-state index in [0.29, 0.717) is 34.2 Å². The lowest BCUT2D eigenvalue weighted by atomic mass is 10.1. The van der Waals surface area contributed by atoms with Crippen molar-refractivity contribution in [3.63, 3.8) is 0 Å². The molecule has 0 aliphatic heterocycles. The van der Waals surface area contributed by atoms with Gasteiger partial charge in [0.2, 0.25) is 0 Å². The van der Waals surface area contributed by atoms with Gasteiger partial charge in [-0.25, -0.2) is 5.43 Å². The minimum absolute atomic E-state index is 0.0940. The third-order valence-electron chi connectivity index (χ3n) is 5.26. The molecule has 0 unspecified atom stereocenters. The van der Waals surface area contributed by atoms with Gasteiger partial charge < -0.3 is 14.8 Å². The second kappa shape index (κ2) is 12.4. The average Bonchev–Trinajstić information content (AvgIpc) is 2.88. The van der Waals surface area contributed by atoms with Crippen LogP contribution in [0.25, 0.3) is 10.8 Å². The number of amides is 1. The average molecular weight is 567 g/mol. The van der Waals surface area contributed by atoms with Crippen molar-refractivity contribution in [2.24, 2.45) is 5.10 Å². The second-order valence-electron chi connectivity index (χ2n) is 7.85. The summed E-state index contributed by atoms with van der Waals surface area (Å²) < 4.78 is 12.5. The molecule has 184 valence electrons. The van der Waals surface area contributed by atoms with Gasteiger partial charge in [-0.2, -0.15) is 5.10 Å². The zero-order valence-electron chi connectivity index (χ0n) is 19.6. The molecule has 1 amide bonds. The highest BCUT2D eigenvalue weighted by Gasteiger charge is 2.12. The third kappa shape index (κ3) is 6.77. The molecule has 6 nitrogen and oxygen atoms in total. The van der Waals surface area contributed by atoms with Crippen LogP contribution in [0.5, 0.6) is 11.5 Å². The number of hydrogen-bond acceptors (Lipinski definition) is 5. The lowest BCUT2D eigenvalue weighted by molar-refractivity contribution is -0.119. The molecule has 0 aliphatic carbocycles. The van der Waals surface area contributed by atoms with Crippen LogP contribution in [0, 0.1) is 0 Å². The fraction of sp³-hybridized carbons (Fsp3) is 0.143. The van der Waals surface area contributed by atoms with E-state index in [4.69, 9.17) is 21.1 Å². The molecule has 0 fully saturated rings. The highest BCUT2D eigenvalue weighted by molar-refractivity contribution is 9.10. The van der Waals surface area contributed by atoms with Gasteiger partial charge in [-0.3, -0.25) is 4.79 Å². The highest BCUT2D eigenvalue weighted by Crippen LogP contribution is 2.37. The number of carbonyl (C=O) groups is 1. The summed E-state index contributed by atoms with van der Waals surface area (Å²) >= 11 is 9.51. The smallest absolute Gasteiger partial charge is 0.259 e. The molecular weight excluding hydrogens is 542 g/mol. The fourth-order valence-corrected chi connectivity index (χ4v) is 4.28. The number of nitrogens with zero attached hydrogens (tertiary/aromatic N) is 1. The molecule has 0 aliphatic rings. The van der Waals surface area contributed by atoms with Crippen LogP contribution < -0.4 is 20.2 Å². The molecule has 0 saturated carbocycles. The van der Waals surface area contributed by atoms with Gasteiger partial charge in [-0.05, 0) is 69.7 Å². The Balaban J connectivity index is 1.37. The quantitative estimate of drug-likeness (QED) is 0.164. The van der Waals surface area contributed by atoms with E-state index in [0.717, 1.165) is 27.6 Å². The summed E-state index contributed by atoms with van der Waals surface area (Å²) in [7, 11) is 0. The van der Waals surface area contributed by atoms with E-state index in [1.165, 1.54) is 0 Å². The van der Waals surface area contributed by atoms with Gasteiger partial charge in [0.1, 0.15) is 6.61 Å². The molecule has 0 bridgehead atoms. The van der Waals surface area contributed by atoms with Gasteiger partial charge in [-0.15, -0.1) is 0 Å². The Morgan fingerprint density at radius 1 is 1.03 bits per heavy atom. The standard InChI is InChI=1S/C28H25BrClN3O3/c1-2-35-26-15-20(14-24(29)28(26)36-18-19-10-12-22(30)13-11-19)16-32-33-27(34)17-31-25-9-5-7-21-6-3-4-8-23(21)25/h3-16,31H,2,17-18H2,1H3,(H,33,34)/b32-16-. The monoisotopic (exact) mass is 565 g/mol. The number of hydrazone groups is 1. The number of benzene rings is 4. The number of carbonyl (C=O) groups excluding carboxylic acids is 1. The van der Waals surface area contributed by atoms with E-state index in [1.807, 2.05) is 85.8 Å². The lowest BCUT2D eigenvalue weighted by Crippen LogP contribution is -2.25. The van der Waals surface area contributed by atoms with Crippen LogP contribution in [0.1, 0.15) is 18.1 Å². The van der Waals surface area contributed by atoms with Gasteiger partial charge in [0.05, 0.1) is 23.8 Å². The van der Waals surface area contributed by atoms with Crippen molar-refractivity contribution in [1.29, 1.82) is 0 Å². The first kappa shape index (κ1) is 25.5. The van der Waals surface area contributed by atoms with Gasteiger partial charge in [0.25, 0.3) is 5.91 Å². The van der Waals surface area contributed by atoms with Crippen molar-refractivity contribution in [2.75, 3.05) is 18.5 Å². The lowest BCUT2D eigenvalue weighted by Gasteiger charge is -2.14. The van der Waals surface area contributed by atoms with E-state index >= 15 is 0 Å². The van der Waals surface area contributed by atoms with Crippen LogP contribution in [0.2, 0.25) is 5.02 Å². The van der Waals surface area contributed by atoms with Crippen molar-refractivity contribution < 1.29 is 14.3 Å². The molecule has 0 radical (unpaired) electrons.